The predicted octanol–water partition coefficient (Wildman–Crippen LogP) is 1.82. The molecule has 1 aliphatic heterocycles. The van der Waals surface area contributed by atoms with Crippen LogP contribution in [0.5, 0.6) is 0 Å². The molecule has 0 radical (unpaired) electrons. The van der Waals surface area contributed by atoms with Crippen molar-refractivity contribution in [1.82, 2.24) is 0 Å². The van der Waals surface area contributed by atoms with E-state index in [2.05, 4.69) is 48.0 Å². The molecule has 1 heterocycles. The van der Waals surface area contributed by atoms with Crippen LogP contribution in [-0.2, 0) is 4.74 Å². The van der Waals surface area contributed by atoms with E-state index >= 15 is 0 Å². The van der Waals surface area contributed by atoms with Crippen LogP contribution in [0.25, 0.3) is 0 Å². The number of hydrogen-bond acceptors (Lipinski definition) is 1. The monoisotopic (exact) mass is 462 g/mol. The zero-order chi connectivity index (χ0) is 14.6. The summed E-state index contributed by atoms with van der Waals surface area (Å²) < 4.78 is 6.09. The second-order valence-electron chi connectivity index (χ2n) is 4.69. The van der Waals surface area contributed by atoms with Gasteiger partial charge in [-0.25, -0.2) is 0 Å². The standard InChI is InChI=1S/C7H7Br.C7H7.C4H8O.BrH.2Mg.2H/c1-6-2-4-7(8)5-3-6;1-7-5-3-2-4-6-7;1-2-4-5-3-1;;;;;/h2-5H,1H3;3-6H,1H3;1-4H2;1H;;;;/q;-1;;;2*+2;2*-1/p-1. The minimum Gasteiger partial charge on any atom is -1.00 e. The first-order valence-electron chi connectivity index (χ1n) is 6.91. The van der Waals surface area contributed by atoms with Gasteiger partial charge in [-0.2, -0.15) is 35.9 Å². The van der Waals surface area contributed by atoms with Gasteiger partial charge in [0.2, 0.25) is 0 Å². The van der Waals surface area contributed by atoms with Gasteiger partial charge >= 0.3 is 46.1 Å². The normalized spacial score (nSPS) is 11.1. The molecule has 0 aromatic heterocycles. The van der Waals surface area contributed by atoms with E-state index in [1.165, 1.54) is 24.0 Å². The van der Waals surface area contributed by atoms with Crippen LogP contribution in [0, 0.1) is 19.9 Å². The van der Waals surface area contributed by atoms with Gasteiger partial charge in [0.15, 0.2) is 0 Å². The summed E-state index contributed by atoms with van der Waals surface area (Å²) in [5.41, 5.74) is 2.59. The Morgan fingerprint density at radius 1 is 0.870 bits per heavy atom. The Morgan fingerprint density at radius 3 is 1.57 bits per heavy atom. The van der Waals surface area contributed by atoms with Crippen LogP contribution in [0.4, 0.5) is 0 Å². The summed E-state index contributed by atoms with van der Waals surface area (Å²) in [6, 6.07) is 19.0. The molecule has 0 unspecified atom stereocenters. The maximum Gasteiger partial charge on any atom is 2.00 e. The van der Waals surface area contributed by atoms with Crippen molar-refractivity contribution in [3.8, 4) is 0 Å². The SMILES string of the molecule is C1CCOC1.Cc1cc[c-]cc1.Cc1ccc(Br)cc1.[Br-].[H-].[H-].[Mg+2].[Mg+2]. The quantitative estimate of drug-likeness (QED) is 0.427. The van der Waals surface area contributed by atoms with E-state index in [1.807, 2.05) is 36.4 Å². The largest absolute Gasteiger partial charge is 2.00 e. The first-order valence-corrected chi connectivity index (χ1v) is 7.70. The van der Waals surface area contributed by atoms with E-state index in [0.717, 1.165) is 17.7 Å². The summed E-state index contributed by atoms with van der Waals surface area (Å²) in [7, 11) is 0. The third-order valence-corrected chi connectivity index (χ3v) is 3.25. The Bertz CT molecular complexity index is 442. The molecule has 1 saturated heterocycles. The molecule has 1 aliphatic rings. The van der Waals surface area contributed by atoms with Crippen molar-refractivity contribution < 1.29 is 24.6 Å². The molecule has 0 N–H and O–H groups in total. The maximum atomic E-state index is 4.94. The third-order valence-electron chi connectivity index (χ3n) is 2.72. The van der Waals surface area contributed by atoms with E-state index in [1.54, 1.807) is 0 Å². The van der Waals surface area contributed by atoms with Gasteiger partial charge in [-0.1, -0.05) is 40.5 Å². The molecule has 23 heavy (non-hydrogen) atoms. The van der Waals surface area contributed by atoms with Crippen LogP contribution in [0.1, 0.15) is 26.8 Å². The molecule has 0 bridgehead atoms. The smallest absolute Gasteiger partial charge is 1.00 e. The van der Waals surface area contributed by atoms with Crippen LogP contribution < -0.4 is 17.0 Å². The molecule has 120 valence electrons. The molecule has 0 amide bonds. The average molecular weight is 465 g/mol. The van der Waals surface area contributed by atoms with Gasteiger partial charge in [0.1, 0.15) is 0 Å². The van der Waals surface area contributed by atoms with Crippen molar-refractivity contribution in [3.05, 3.63) is 70.2 Å². The Kier molecular flexibility index (Phi) is 24.0. The minimum atomic E-state index is 0. The molecule has 2 aromatic carbocycles. The van der Waals surface area contributed by atoms with Crippen molar-refractivity contribution in [2.45, 2.75) is 26.7 Å². The summed E-state index contributed by atoms with van der Waals surface area (Å²) in [5.74, 6) is 0. The van der Waals surface area contributed by atoms with Crippen LogP contribution in [0.2, 0.25) is 0 Å². The predicted molar refractivity (Wildman–Crippen MR) is 103 cm³/mol. The van der Waals surface area contributed by atoms with E-state index in [0.29, 0.717) is 0 Å². The zero-order valence-electron chi connectivity index (χ0n) is 16.0. The van der Waals surface area contributed by atoms with Crippen molar-refractivity contribution in [2.75, 3.05) is 13.2 Å². The molecule has 0 atom stereocenters. The topological polar surface area (TPSA) is 9.23 Å². The van der Waals surface area contributed by atoms with Gasteiger partial charge < -0.3 is 24.6 Å². The number of rotatable bonds is 0. The molecular weight excluding hydrogens is 441 g/mol. The van der Waals surface area contributed by atoms with Gasteiger partial charge in [0.25, 0.3) is 0 Å². The Morgan fingerprint density at radius 2 is 1.30 bits per heavy atom. The van der Waals surface area contributed by atoms with Crippen molar-refractivity contribution >= 4 is 62.0 Å². The van der Waals surface area contributed by atoms with E-state index < -0.39 is 0 Å². The second-order valence-corrected chi connectivity index (χ2v) is 5.61. The second kappa shape index (κ2) is 19.2. The van der Waals surface area contributed by atoms with Crippen LogP contribution in [0.15, 0.2) is 53.0 Å². The number of hydrogen-bond donors (Lipinski definition) is 0. The van der Waals surface area contributed by atoms with Crippen LogP contribution >= 0.6 is 15.9 Å². The number of halogens is 2. The van der Waals surface area contributed by atoms with E-state index in [9.17, 15) is 0 Å². The van der Waals surface area contributed by atoms with Gasteiger partial charge in [-0.15, -0.1) is 0 Å². The summed E-state index contributed by atoms with van der Waals surface area (Å²) in [6.07, 6.45) is 2.56. The minimum absolute atomic E-state index is 0. The average Bonchev–Trinajstić information content (AvgIpc) is 3.03. The van der Waals surface area contributed by atoms with E-state index in [4.69, 9.17) is 4.74 Å². The Balaban J connectivity index is -0.0000000740. The number of benzene rings is 2. The molecule has 1 fully saturated rings. The number of ether oxygens (including phenoxy) is 1. The molecule has 0 spiro atoms. The molecule has 0 aliphatic carbocycles. The van der Waals surface area contributed by atoms with Crippen molar-refractivity contribution in [1.29, 1.82) is 0 Å². The number of aryl methyl sites for hydroxylation is 2. The zero-order valence-corrected chi connectivity index (χ0v) is 20.0. The molecule has 3 rings (SSSR count). The first-order chi connectivity index (χ1) is 9.68. The Labute approximate surface area is 195 Å². The van der Waals surface area contributed by atoms with Gasteiger partial charge in [0, 0.05) is 17.7 Å². The molecule has 0 saturated carbocycles. The van der Waals surface area contributed by atoms with Gasteiger partial charge in [0.05, 0.1) is 0 Å². The molecule has 5 heteroatoms. The first kappa shape index (κ1) is 28.7. The van der Waals surface area contributed by atoms with E-state index in [-0.39, 0.29) is 65.9 Å². The summed E-state index contributed by atoms with van der Waals surface area (Å²) in [5, 5.41) is 0. The van der Waals surface area contributed by atoms with Crippen LogP contribution in [0.3, 0.4) is 0 Å². The van der Waals surface area contributed by atoms with Crippen molar-refractivity contribution in [3.63, 3.8) is 0 Å². The fourth-order valence-corrected chi connectivity index (χ4v) is 1.78. The Hall–Kier alpha value is 0.892. The van der Waals surface area contributed by atoms with Crippen molar-refractivity contribution in [2.24, 2.45) is 0 Å². The summed E-state index contributed by atoms with van der Waals surface area (Å²) >= 11 is 3.35. The third kappa shape index (κ3) is 17.5. The fourth-order valence-electron chi connectivity index (χ4n) is 1.51. The van der Waals surface area contributed by atoms with Crippen LogP contribution in [-0.4, -0.2) is 59.3 Å². The summed E-state index contributed by atoms with van der Waals surface area (Å²) in [4.78, 5) is 0. The summed E-state index contributed by atoms with van der Waals surface area (Å²) in [6.45, 7) is 6.14. The molecule has 2 aromatic rings. The maximum absolute atomic E-state index is 4.94. The van der Waals surface area contributed by atoms with Gasteiger partial charge in [-0.05, 0) is 31.9 Å². The van der Waals surface area contributed by atoms with Gasteiger partial charge in [-0.3, -0.25) is 0 Å². The molecular formula is C18H24Br2Mg2O. The fraction of sp³-hybridized carbons (Fsp3) is 0.333. The molecule has 1 nitrogen and oxygen atoms in total.